The largest absolute Gasteiger partial charge is 0.495 e. The summed E-state index contributed by atoms with van der Waals surface area (Å²) in [5, 5.41) is 9.02. The Morgan fingerprint density at radius 2 is 1.73 bits per heavy atom. The first-order valence-electron chi connectivity index (χ1n) is 17.6. The van der Waals surface area contributed by atoms with Crippen LogP contribution in [0, 0.1) is 16.7 Å². The van der Waals surface area contributed by atoms with Crippen LogP contribution in [0.5, 0.6) is 5.75 Å². The van der Waals surface area contributed by atoms with Crippen LogP contribution in [-0.2, 0) is 41.6 Å². The molecule has 0 saturated carbocycles. The fourth-order valence-electron chi connectivity index (χ4n) is 6.17. The normalized spacial score (nSPS) is 27.7. The third-order valence-electron chi connectivity index (χ3n) is 9.76. The lowest BCUT2D eigenvalue weighted by Gasteiger charge is -2.33. The number of cyclic esters (lactones) is 1. The number of esters is 1. The maximum absolute atomic E-state index is 13.9. The van der Waals surface area contributed by atoms with Gasteiger partial charge >= 0.3 is 5.97 Å². The van der Waals surface area contributed by atoms with E-state index in [2.05, 4.69) is 16.0 Å². The van der Waals surface area contributed by atoms with E-state index in [1.54, 1.807) is 31.2 Å². The van der Waals surface area contributed by atoms with Crippen molar-refractivity contribution in [3.8, 4) is 5.75 Å². The molecular formula is C39H53ClN4O7. The van der Waals surface area contributed by atoms with Crippen molar-refractivity contribution in [2.24, 2.45) is 22.5 Å². The van der Waals surface area contributed by atoms with Gasteiger partial charge in [0, 0.05) is 31.8 Å². The van der Waals surface area contributed by atoms with Gasteiger partial charge in [-0.15, -0.1) is 0 Å². The van der Waals surface area contributed by atoms with E-state index in [1.807, 2.05) is 58.9 Å². The van der Waals surface area contributed by atoms with Crippen molar-refractivity contribution < 1.29 is 33.4 Å². The van der Waals surface area contributed by atoms with Crippen LogP contribution < -0.4 is 26.4 Å². The summed E-state index contributed by atoms with van der Waals surface area (Å²) in [6.45, 7) is 11.9. The maximum atomic E-state index is 13.9. The average Bonchev–Trinajstić information content (AvgIpc) is 3.89. The van der Waals surface area contributed by atoms with Crippen molar-refractivity contribution >= 4 is 35.3 Å². The second-order valence-corrected chi connectivity index (χ2v) is 15.5. The number of amides is 3. The lowest BCUT2D eigenvalue weighted by atomic mass is 9.84. The number of ether oxygens (including phenoxy) is 3. The summed E-state index contributed by atoms with van der Waals surface area (Å²) >= 11 is 6.36. The monoisotopic (exact) mass is 724 g/mol. The van der Waals surface area contributed by atoms with Crippen molar-refractivity contribution in [3.63, 3.8) is 0 Å². The number of benzene rings is 2. The molecule has 0 bridgehead atoms. The zero-order valence-corrected chi connectivity index (χ0v) is 31.5. The van der Waals surface area contributed by atoms with Crippen LogP contribution in [0.1, 0.15) is 83.6 Å². The zero-order valence-electron chi connectivity index (χ0n) is 30.7. The maximum Gasteiger partial charge on any atom is 0.328 e. The van der Waals surface area contributed by atoms with E-state index in [0.717, 1.165) is 11.1 Å². The van der Waals surface area contributed by atoms with Gasteiger partial charge in [-0.2, -0.15) is 0 Å². The molecule has 0 aliphatic carbocycles. The van der Waals surface area contributed by atoms with Crippen LogP contribution in [-0.4, -0.2) is 61.6 Å². The number of hydrogen-bond donors (Lipinski definition) is 4. The molecule has 2 aliphatic rings. The molecule has 0 radical (unpaired) electrons. The van der Waals surface area contributed by atoms with Crippen molar-refractivity contribution in [1.82, 2.24) is 16.0 Å². The second-order valence-electron chi connectivity index (χ2n) is 15.1. The summed E-state index contributed by atoms with van der Waals surface area (Å²) in [7, 11) is 1.51. The van der Waals surface area contributed by atoms with Gasteiger partial charge in [0.25, 0.3) is 0 Å². The van der Waals surface area contributed by atoms with Gasteiger partial charge in [-0.25, -0.2) is 4.79 Å². The Kier molecular flexibility index (Phi) is 13.3. The molecule has 51 heavy (non-hydrogen) atoms. The van der Waals surface area contributed by atoms with Crippen LogP contribution in [0.15, 0.2) is 54.6 Å². The standard InChI is InChI=1S/C39H53ClN4O7/c1-8-39(6)22-42-35(46)28(19-25-14-17-31(49-7)27(40)18-25)43-32(45)11-9-10-30(50-36(47)29(44-37(39)48)20-38(3,4)5)23(2)33-34(51-33)26-15-12-24(21-41)13-16-26/h9,11-18,23,28-30,33-34H,8,10,19-22,41H2,1-7H3,(H,42,46)(H,43,45)(H,44,48)/b11-9+/t23-,28+,29-,30-,33+,34+,39?/m0/s1. The molecule has 0 aromatic heterocycles. The van der Waals surface area contributed by atoms with Gasteiger partial charge in [0.2, 0.25) is 17.7 Å². The topological polar surface area (TPSA) is 161 Å². The van der Waals surface area contributed by atoms with E-state index in [9.17, 15) is 19.2 Å². The Balaban J connectivity index is 1.64. The van der Waals surface area contributed by atoms with Crippen LogP contribution in [0.2, 0.25) is 5.02 Å². The quantitative estimate of drug-likeness (QED) is 0.209. The lowest BCUT2D eigenvalue weighted by molar-refractivity contribution is -0.157. The van der Waals surface area contributed by atoms with Gasteiger partial charge in [-0.05, 0) is 60.1 Å². The molecular weight excluding hydrogens is 672 g/mol. The van der Waals surface area contributed by atoms with Gasteiger partial charge in [-0.1, -0.05) is 82.6 Å². The van der Waals surface area contributed by atoms with Gasteiger partial charge in [0.05, 0.1) is 23.7 Å². The lowest BCUT2D eigenvalue weighted by Crippen LogP contribution is -2.55. The highest BCUT2D eigenvalue weighted by Crippen LogP contribution is 2.45. The number of carbonyl (C=O) groups is 4. The number of epoxide rings is 1. The summed E-state index contributed by atoms with van der Waals surface area (Å²) in [6.07, 6.45) is 2.93. The molecule has 278 valence electrons. The number of rotatable bonds is 9. The highest BCUT2D eigenvalue weighted by molar-refractivity contribution is 6.32. The molecule has 2 aromatic carbocycles. The number of methoxy groups -OCH3 is 1. The smallest absolute Gasteiger partial charge is 0.328 e. The molecule has 0 spiro atoms. The Bertz CT molecular complexity index is 1590. The van der Waals surface area contributed by atoms with Gasteiger partial charge < -0.3 is 35.9 Å². The Labute approximate surface area is 306 Å². The summed E-state index contributed by atoms with van der Waals surface area (Å²) in [5.41, 5.74) is 7.09. The minimum Gasteiger partial charge on any atom is -0.495 e. The third-order valence-corrected chi connectivity index (χ3v) is 10.1. The van der Waals surface area contributed by atoms with Crippen molar-refractivity contribution in [2.75, 3.05) is 13.7 Å². The van der Waals surface area contributed by atoms with Crippen molar-refractivity contribution in [3.05, 3.63) is 76.3 Å². The molecule has 4 rings (SSSR count). The van der Waals surface area contributed by atoms with E-state index in [4.69, 9.17) is 31.5 Å². The summed E-state index contributed by atoms with van der Waals surface area (Å²) < 4.78 is 17.6. The molecule has 2 aromatic rings. The Morgan fingerprint density at radius 1 is 1.04 bits per heavy atom. The minimum atomic E-state index is -1.07. The van der Waals surface area contributed by atoms with Gasteiger partial charge in [-0.3, -0.25) is 14.4 Å². The highest BCUT2D eigenvalue weighted by atomic mass is 35.5. The van der Waals surface area contributed by atoms with Crippen LogP contribution in [0.3, 0.4) is 0 Å². The molecule has 1 saturated heterocycles. The van der Waals surface area contributed by atoms with E-state index < -0.39 is 41.4 Å². The summed E-state index contributed by atoms with van der Waals surface area (Å²) in [5.74, 6) is -1.68. The predicted molar refractivity (Wildman–Crippen MR) is 196 cm³/mol. The summed E-state index contributed by atoms with van der Waals surface area (Å²) in [4.78, 5) is 54.8. The number of nitrogens with one attached hydrogen (secondary N) is 3. The zero-order chi connectivity index (χ0) is 37.5. The van der Waals surface area contributed by atoms with Gasteiger partial charge in [0.1, 0.15) is 30.0 Å². The number of hydrogen-bond acceptors (Lipinski definition) is 8. The highest BCUT2D eigenvalue weighted by Gasteiger charge is 2.48. The Morgan fingerprint density at radius 3 is 2.33 bits per heavy atom. The SMILES string of the molecule is CCC1(C)CNC(=O)[C@@H](Cc2ccc(OC)c(Cl)c2)NC(=O)/C=C/C[C@@H]([C@H](C)[C@H]2O[C@@H]2c2ccc(CN)cc2)OC(=O)[C@H](CC(C)(C)C)NC1=O. The molecule has 5 N–H and O–H groups in total. The fourth-order valence-corrected chi connectivity index (χ4v) is 6.45. The van der Waals surface area contributed by atoms with E-state index in [0.29, 0.717) is 35.7 Å². The molecule has 11 nitrogen and oxygen atoms in total. The first kappa shape index (κ1) is 39.8. The molecule has 1 unspecified atom stereocenters. The minimum absolute atomic E-state index is 0.0244. The van der Waals surface area contributed by atoms with E-state index in [1.165, 1.54) is 13.2 Å². The second kappa shape index (κ2) is 17.1. The molecule has 2 heterocycles. The molecule has 7 atom stereocenters. The molecule has 2 aliphatic heterocycles. The van der Waals surface area contributed by atoms with Crippen molar-refractivity contribution in [2.45, 2.75) is 104 Å². The predicted octanol–water partition coefficient (Wildman–Crippen LogP) is 4.94. The summed E-state index contributed by atoms with van der Waals surface area (Å²) in [6, 6.07) is 11.1. The fraction of sp³-hybridized carbons (Fsp3) is 0.538. The van der Waals surface area contributed by atoms with Crippen LogP contribution in [0.25, 0.3) is 0 Å². The third kappa shape index (κ3) is 10.8. The van der Waals surface area contributed by atoms with E-state index >= 15 is 0 Å². The average molecular weight is 725 g/mol. The molecule has 12 heteroatoms. The first-order valence-corrected chi connectivity index (χ1v) is 18.0. The Hall–Kier alpha value is -3.93. The number of nitrogens with two attached hydrogens (primary N) is 1. The molecule has 1 fully saturated rings. The first-order chi connectivity index (χ1) is 24.1. The van der Waals surface area contributed by atoms with Crippen LogP contribution in [0.4, 0.5) is 0 Å². The molecule has 3 amide bonds. The number of carbonyl (C=O) groups excluding carboxylic acids is 4. The van der Waals surface area contributed by atoms with Crippen molar-refractivity contribution in [1.29, 1.82) is 0 Å². The van der Waals surface area contributed by atoms with Crippen LogP contribution >= 0.6 is 11.6 Å². The van der Waals surface area contributed by atoms with Gasteiger partial charge in [0.15, 0.2) is 0 Å². The van der Waals surface area contributed by atoms with E-state index in [-0.39, 0.29) is 48.8 Å². The number of halogens is 1.